The molecule has 2 saturated heterocycles. The van der Waals surface area contributed by atoms with E-state index in [4.69, 9.17) is 39.2 Å². The van der Waals surface area contributed by atoms with Crippen LogP contribution in [0, 0.1) is 13.5 Å². The minimum absolute atomic E-state index is 0.0296. The van der Waals surface area contributed by atoms with Gasteiger partial charge in [-0.05, 0) is 25.1 Å². The van der Waals surface area contributed by atoms with Gasteiger partial charge in [0.25, 0.3) is 5.54 Å². The smallest absolute Gasteiger partial charge is 0.261 e. The standard InChI is InChI=1S/C23H27Cl2N5O3/c1-16-21(25)22(29-10-12-33-13-11-29)27-30(16)15-20(31)28-8-6-23(26-2,7-9-28)17-4-5-18(24)19(14-17)32-3/h4-5,14H,6-13,15H2,1,3H3. The molecule has 0 radical (unpaired) electrons. The van der Waals surface area contributed by atoms with Gasteiger partial charge in [-0.3, -0.25) is 9.48 Å². The molecule has 3 heterocycles. The number of likely N-dealkylation sites (tertiary alicyclic amines) is 1. The Morgan fingerprint density at radius 1 is 1.24 bits per heavy atom. The third kappa shape index (κ3) is 4.63. The maximum Gasteiger partial charge on any atom is 0.261 e. The zero-order chi connectivity index (χ0) is 23.6. The number of benzene rings is 1. The number of nitrogens with zero attached hydrogens (tertiary/aromatic N) is 5. The number of anilines is 1. The van der Waals surface area contributed by atoms with E-state index < -0.39 is 5.54 Å². The minimum atomic E-state index is -0.691. The van der Waals surface area contributed by atoms with Crippen LogP contribution in [0.5, 0.6) is 5.75 Å². The first-order valence-electron chi connectivity index (χ1n) is 10.9. The minimum Gasteiger partial charge on any atom is -0.495 e. The summed E-state index contributed by atoms with van der Waals surface area (Å²) in [7, 11) is 1.56. The molecule has 4 rings (SSSR count). The van der Waals surface area contributed by atoms with Crippen LogP contribution in [0.1, 0.15) is 24.1 Å². The maximum absolute atomic E-state index is 13.1. The van der Waals surface area contributed by atoms with Crippen LogP contribution in [-0.4, -0.2) is 67.1 Å². The summed E-state index contributed by atoms with van der Waals surface area (Å²) in [6, 6.07) is 5.47. The molecular weight excluding hydrogens is 465 g/mol. The number of hydrogen-bond donors (Lipinski definition) is 0. The number of ether oxygens (including phenoxy) is 2. The van der Waals surface area contributed by atoms with Gasteiger partial charge in [-0.1, -0.05) is 23.2 Å². The van der Waals surface area contributed by atoms with Crippen LogP contribution < -0.4 is 9.64 Å². The molecule has 0 bridgehead atoms. The van der Waals surface area contributed by atoms with Gasteiger partial charge in [-0.15, -0.1) is 0 Å². The molecule has 10 heteroatoms. The van der Waals surface area contributed by atoms with E-state index >= 15 is 0 Å². The molecule has 8 nitrogen and oxygen atoms in total. The third-order valence-corrected chi connectivity index (χ3v) is 7.31. The highest BCUT2D eigenvalue weighted by atomic mass is 35.5. The van der Waals surface area contributed by atoms with Crippen LogP contribution in [0.4, 0.5) is 5.82 Å². The topological polar surface area (TPSA) is 64.2 Å². The van der Waals surface area contributed by atoms with Crippen molar-refractivity contribution in [2.24, 2.45) is 0 Å². The lowest BCUT2D eigenvalue weighted by molar-refractivity contribution is -0.133. The number of halogens is 2. The van der Waals surface area contributed by atoms with Gasteiger partial charge >= 0.3 is 0 Å². The molecule has 33 heavy (non-hydrogen) atoms. The summed E-state index contributed by atoms with van der Waals surface area (Å²) < 4.78 is 12.4. The quantitative estimate of drug-likeness (QED) is 0.595. The number of piperidine rings is 1. The van der Waals surface area contributed by atoms with Crippen molar-refractivity contribution in [3.05, 3.63) is 50.9 Å². The van der Waals surface area contributed by atoms with E-state index in [2.05, 4.69) is 14.8 Å². The predicted octanol–water partition coefficient (Wildman–Crippen LogP) is 3.78. The molecule has 0 aliphatic carbocycles. The van der Waals surface area contributed by atoms with Crippen molar-refractivity contribution in [3.8, 4) is 5.75 Å². The summed E-state index contributed by atoms with van der Waals surface area (Å²) in [4.78, 5) is 20.9. The second-order valence-electron chi connectivity index (χ2n) is 8.35. The zero-order valence-electron chi connectivity index (χ0n) is 18.8. The Balaban J connectivity index is 1.44. The zero-order valence-corrected chi connectivity index (χ0v) is 20.3. The Morgan fingerprint density at radius 3 is 2.58 bits per heavy atom. The van der Waals surface area contributed by atoms with E-state index in [1.807, 2.05) is 19.1 Å². The fraction of sp³-hybridized carbons (Fsp3) is 0.522. The molecule has 0 N–H and O–H groups in total. The second kappa shape index (κ2) is 9.80. The molecular formula is C23H27Cl2N5O3. The SMILES string of the molecule is [C-]#[N+]C1(c2ccc(Cl)c(OC)c2)CCN(C(=O)Cn2nc(N3CCOCC3)c(Cl)c2C)CC1. The summed E-state index contributed by atoms with van der Waals surface area (Å²) in [5, 5.41) is 5.71. The van der Waals surface area contributed by atoms with Crippen LogP contribution in [0.15, 0.2) is 18.2 Å². The predicted molar refractivity (Wildman–Crippen MR) is 127 cm³/mol. The van der Waals surface area contributed by atoms with Crippen molar-refractivity contribution in [2.45, 2.75) is 31.8 Å². The highest BCUT2D eigenvalue weighted by Crippen LogP contribution is 2.40. The lowest BCUT2D eigenvalue weighted by Gasteiger charge is -2.34. The third-order valence-electron chi connectivity index (χ3n) is 6.56. The van der Waals surface area contributed by atoms with Crippen molar-refractivity contribution >= 4 is 34.9 Å². The molecule has 2 fully saturated rings. The van der Waals surface area contributed by atoms with Gasteiger partial charge in [0.1, 0.15) is 17.3 Å². The maximum atomic E-state index is 13.1. The lowest BCUT2D eigenvalue weighted by Crippen LogP contribution is -2.45. The van der Waals surface area contributed by atoms with Gasteiger partial charge in [-0.2, -0.15) is 5.10 Å². The molecule has 1 aromatic carbocycles. The Kier molecular flexibility index (Phi) is 7.03. The Hall–Kier alpha value is -2.47. The highest BCUT2D eigenvalue weighted by molar-refractivity contribution is 6.33. The van der Waals surface area contributed by atoms with E-state index in [1.165, 1.54) is 0 Å². The fourth-order valence-electron chi connectivity index (χ4n) is 4.41. The summed E-state index contributed by atoms with van der Waals surface area (Å²) in [5.74, 6) is 1.23. The summed E-state index contributed by atoms with van der Waals surface area (Å²) in [5.41, 5.74) is 0.950. The second-order valence-corrected chi connectivity index (χ2v) is 9.14. The number of morpholine rings is 1. The Morgan fingerprint density at radius 2 is 1.94 bits per heavy atom. The Labute approximate surface area is 203 Å². The van der Waals surface area contributed by atoms with E-state index in [1.54, 1.807) is 22.8 Å². The first-order valence-corrected chi connectivity index (χ1v) is 11.7. The molecule has 0 atom stereocenters. The number of carbonyl (C=O) groups excluding carboxylic acids is 1. The van der Waals surface area contributed by atoms with Gasteiger partial charge in [0, 0.05) is 44.6 Å². The highest BCUT2D eigenvalue weighted by Gasteiger charge is 2.43. The number of rotatable bonds is 5. The number of methoxy groups -OCH3 is 1. The van der Waals surface area contributed by atoms with Gasteiger partial charge in [-0.25, -0.2) is 6.57 Å². The Bertz CT molecular complexity index is 1070. The monoisotopic (exact) mass is 491 g/mol. The molecule has 0 saturated carbocycles. The van der Waals surface area contributed by atoms with Crippen LogP contribution in [0.2, 0.25) is 10.0 Å². The van der Waals surface area contributed by atoms with Crippen molar-refractivity contribution < 1.29 is 14.3 Å². The molecule has 2 aromatic rings. The van der Waals surface area contributed by atoms with E-state index in [9.17, 15) is 4.79 Å². The average molecular weight is 492 g/mol. The first-order chi connectivity index (χ1) is 15.9. The largest absolute Gasteiger partial charge is 0.495 e. The fourth-order valence-corrected chi connectivity index (χ4v) is 4.86. The molecule has 2 aliphatic rings. The van der Waals surface area contributed by atoms with Gasteiger partial charge in [0.15, 0.2) is 5.82 Å². The van der Waals surface area contributed by atoms with E-state index in [0.29, 0.717) is 60.8 Å². The summed E-state index contributed by atoms with van der Waals surface area (Å²) in [6.07, 6.45) is 1.09. The van der Waals surface area contributed by atoms with Gasteiger partial charge in [0.05, 0.1) is 31.0 Å². The normalized spacial score (nSPS) is 18.2. The number of hydrogen-bond acceptors (Lipinski definition) is 5. The number of aromatic nitrogens is 2. The van der Waals surface area contributed by atoms with Crippen molar-refractivity contribution in [2.75, 3.05) is 51.4 Å². The van der Waals surface area contributed by atoms with Gasteiger partial charge in [0.2, 0.25) is 5.91 Å². The lowest BCUT2D eigenvalue weighted by atomic mass is 9.81. The summed E-state index contributed by atoms with van der Waals surface area (Å²) in [6.45, 7) is 13.6. The molecule has 2 aliphatic heterocycles. The van der Waals surface area contributed by atoms with Crippen LogP contribution >= 0.6 is 23.2 Å². The van der Waals surface area contributed by atoms with Gasteiger partial charge < -0.3 is 24.1 Å². The average Bonchev–Trinajstić information content (AvgIpc) is 3.13. The van der Waals surface area contributed by atoms with Crippen LogP contribution in [0.3, 0.4) is 0 Å². The van der Waals surface area contributed by atoms with E-state index in [-0.39, 0.29) is 12.5 Å². The van der Waals surface area contributed by atoms with Crippen LogP contribution in [-0.2, 0) is 21.6 Å². The molecule has 1 aromatic heterocycles. The molecule has 0 spiro atoms. The molecule has 0 unspecified atom stereocenters. The number of amides is 1. The first kappa shape index (κ1) is 23.7. The summed E-state index contributed by atoms with van der Waals surface area (Å²) >= 11 is 12.7. The van der Waals surface area contributed by atoms with Crippen molar-refractivity contribution in [3.63, 3.8) is 0 Å². The molecule has 1 amide bonds. The van der Waals surface area contributed by atoms with Crippen LogP contribution in [0.25, 0.3) is 4.85 Å². The number of carbonyl (C=O) groups is 1. The van der Waals surface area contributed by atoms with E-state index in [0.717, 1.165) is 24.3 Å². The van der Waals surface area contributed by atoms with Crippen molar-refractivity contribution in [1.82, 2.24) is 14.7 Å². The van der Waals surface area contributed by atoms with Crippen molar-refractivity contribution in [1.29, 1.82) is 0 Å². The molecule has 176 valence electrons.